The predicted molar refractivity (Wildman–Crippen MR) is 87.4 cm³/mol. The van der Waals surface area contributed by atoms with E-state index in [1.807, 2.05) is 13.0 Å². The number of benzene rings is 1. The summed E-state index contributed by atoms with van der Waals surface area (Å²) in [4.78, 5) is 16.6. The van der Waals surface area contributed by atoms with Crippen LogP contribution in [0.5, 0.6) is 11.5 Å². The van der Waals surface area contributed by atoms with Crippen molar-refractivity contribution in [3.05, 3.63) is 51.3 Å². The minimum atomic E-state index is 0.0881. The zero-order chi connectivity index (χ0) is 15.7. The molecular weight excluding hydrogens is 321 g/mol. The van der Waals surface area contributed by atoms with Crippen molar-refractivity contribution in [2.45, 2.75) is 32.6 Å². The van der Waals surface area contributed by atoms with Crippen molar-refractivity contribution in [3.63, 3.8) is 0 Å². The first-order valence-corrected chi connectivity index (χ1v) is 7.96. The minimum Gasteiger partial charge on any atom is -0.457 e. The van der Waals surface area contributed by atoms with Crippen molar-refractivity contribution in [2.75, 3.05) is 0 Å². The van der Waals surface area contributed by atoms with Gasteiger partial charge in [-0.15, -0.1) is 0 Å². The Bertz CT molecular complexity index is 723. The molecule has 1 aliphatic carbocycles. The number of Topliss-reactive ketones (excluding diaryl/α,β-unsaturated/α-hetero) is 1. The highest BCUT2D eigenvalue weighted by Gasteiger charge is 2.21. The van der Waals surface area contributed by atoms with Crippen LogP contribution in [0.15, 0.2) is 24.3 Å². The monoisotopic (exact) mass is 335 g/mol. The summed E-state index contributed by atoms with van der Waals surface area (Å²) >= 11 is 12.0. The van der Waals surface area contributed by atoms with E-state index in [0.717, 1.165) is 30.5 Å². The molecule has 1 aromatic carbocycles. The van der Waals surface area contributed by atoms with Crippen LogP contribution >= 0.6 is 23.2 Å². The van der Waals surface area contributed by atoms with Gasteiger partial charge in [-0.3, -0.25) is 4.79 Å². The Balaban J connectivity index is 2.05. The Morgan fingerprint density at radius 1 is 1.05 bits per heavy atom. The maximum Gasteiger partial charge on any atom is 0.181 e. The smallest absolute Gasteiger partial charge is 0.181 e. The standard InChI is InChI=1S/C17H15Cl2NO2/c1-10-6-16(22-13-8-11(18)7-12(19)9-13)14-4-2-3-5-15(21)17(14)20-10/h6-9H,2-5H2,1H3. The molecule has 5 heteroatoms. The first-order chi connectivity index (χ1) is 10.5. The van der Waals surface area contributed by atoms with Crippen LogP contribution in [0.4, 0.5) is 0 Å². The Morgan fingerprint density at radius 2 is 1.73 bits per heavy atom. The quantitative estimate of drug-likeness (QED) is 0.690. The van der Waals surface area contributed by atoms with Gasteiger partial charge in [0.15, 0.2) is 5.78 Å². The van der Waals surface area contributed by atoms with Crippen LogP contribution in [0.2, 0.25) is 10.0 Å². The summed E-state index contributed by atoms with van der Waals surface area (Å²) in [5.74, 6) is 1.31. The summed E-state index contributed by atoms with van der Waals surface area (Å²) in [5, 5.41) is 1.02. The number of aryl methyl sites for hydroxylation is 1. The molecule has 0 unspecified atom stereocenters. The van der Waals surface area contributed by atoms with E-state index in [1.54, 1.807) is 18.2 Å². The van der Waals surface area contributed by atoms with E-state index in [9.17, 15) is 4.79 Å². The number of carbonyl (C=O) groups excluding carboxylic acids is 1. The molecule has 0 atom stereocenters. The number of ketones is 1. The first kappa shape index (κ1) is 15.3. The number of hydrogen-bond donors (Lipinski definition) is 0. The normalized spacial score (nSPS) is 14.4. The SMILES string of the molecule is Cc1cc(Oc2cc(Cl)cc(Cl)c2)c2c(n1)C(=O)CCCC2. The molecule has 1 heterocycles. The second-order valence-corrected chi connectivity index (χ2v) is 6.30. The molecule has 0 amide bonds. The average Bonchev–Trinajstić information content (AvgIpc) is 2.60. The fourth-order valence-corrected chi connectivity index (χ4v) is 3.16. The lowest BCUT2D eigenvalue weighted by Gasteiger charge is -2.14. The predicted octanol–water partition coefficient (Wildman–Crippen LogP) is 5.40. The number of aromatic nitrogens is 1. The Labute approximate surface area is 139 Å². The third-order valence-corrected chi connectivity index (χ3v) is 4.06. The van der Waals surface area contributed by atoms with Crippen molar-refractivity contribution in [1.29, 1.82) is 0 Å². The van der Waals surface area contributed by atoms with Crippen LogP contribution in [0, 0.1) is 6.92 Å². The number of carbonyl (C=O) groups is 1. The molecule has 114 valence electrons. The van der Waals surface area contributed by atoms with Gasteiger partial charge in [-0.2, -0.15) is 0 Å². The Kier molecular flexibility index (Phi) is 4.37. The lowest BCUT2D eigenvalue weighted by atomic mass is 10.1. The maximum absolute atomic E-state index is 12.2. The second-order valence-electron chi connectivity index (χ2n) is 5.43. The van der Waals surface area contributed by atoms with Gasteiger partial charge in [0, 0.05) is 33.8 Å². The number of fused-ring (bicyclic) bond motifs is 1. The fourth-order valence-electron chi connectivity index (χ4n) is 2.65. The van der Waals surface area contributed by atoms with E-state index in [1.165, 1.54) is 0 Å². The highest BCUT2D eigenvalue weighted by Crippen LogP contribution is 2.34. The van der Waals surface area contributed by atoms with Crippen molar-refractivity contribution in [3.8, 4) is 11.5 Å². The zero-order valence-corrected chi connectivity index (χ0v) is 13.7. The van der Waals surface area contributed by atoms with Crippen molar-refractivity contribution < 1.29 is 9.53 Å². The number of ether oxygens (including phenoxy) is 1. The number of halogens is 2. The van der Waals surface area contributed by atoms with Gasteiger partial charge >= 0.3 is 0 Å². The molecule has 0 bridgehead atoms. The summed E-state index contributed by atoms with van der Waals surface area (Å²) in [7, 11) is 0. The number of pyridine rings is 1. The number of nitrogens with zero attached hydrogens (tertiary/aromatic N) is 1. The molecule has 0 spiro atoms. The van der Waals surface area contributed by atoms with Crippen molar-refractivity contribution >= 4 is 29.0 Å². The molecule has 0 N–H and O–H groups in total. The molecule has 0 saturated heterocycles. The van der Waals surface area contributed by atoms with Crippen LogP contribution in [-0.4, -0.2) is 10.8 Å². The van der Waals surface area contributed by atoms with E-state index < -0.39 is 0 Å². The lowest BCUT2D eigenvalue weighted by Crippen LogP contribution is -2.07. The third-order valence-electron chi connectivity index (χ3n) is 3.62. The highest BCUT2D eigenvalue weighted by atomic mass is 35.5. The van der Waals surface area contributed by atoms with Gasteiger partial charge in [-0.25, -0.2) is 4.98 Å². The third kappa shape index (κ3) is 3.26. The summed E-state index contributed by atoms with van der Waals surface area (Å²) in [6.07, 6.45) is 3.18. The lowest BCUT2D eigenvalue weighted by molar-refractivity contribution is 0.0977. The maximum atomic E-state index is 12.2. The molecule has 3 rings (SSSR count). The van der Waals surface area contributed by atoms with Gasteiger partial charge < -0.3 is 4.74 Å². The molecule has 3 nitrogen and oxygen atoms in total. The summed E-state index contributed by atoms with van der Waals surface area (Å²) in [6.45, 7) is 1.86. The van der Waals surface area contributed by atoms with Crippen molar-refractivity contribution in [1.82, 2.24) is 4.98 Å². The zero-order valence-electron chi connectivity index (χ0n) is 12.2. The van der Waals surface area contributed by atoms with E-state index >= 15 is 0 Å². The van der Waals surface area contributed by atoms with E-state index in [2.05, 4.69) is 4.98 Å². The molecule has 1 aromatic heterocycles. The average molecular weight is 336 g/mol. The van der Waals surface area contributed by atoms with Gasteiger partial charge in [0.2, 0.25) is 0 Å². The van der Waals surface area contributed by atoms with Crippen LogP contribution in [0.25, 0.3) is 0 Å². The molecule has 2 aromatic rings. The van der Waals surface area contributed by atoms with Crippen molar-refractivity contribution in [2.24, 2.45) is 0 Å². The highest BCUT2D eigenvalue weighted by molar-refractivity contribution is 6.34. The van der Waals surface area contributed by atoms with Gasteiger partial charge in [0.25, 0.3) is 0 Å². The molecule has 22 heavy (non-hydrogen) atoms. The Hall–Kier alpha value is -1.58. The first-order valence-electron chi connectivity index (χ1n) is 7.20. The second kappa shape index (κ2) is 6.27. The molecule has 0 fully saturated rings. The minimum absolute atomic E-state index is 0.0881. The van der Waals surface area contributed by atoms with Gasteiger partial charge in [-0.1, -0.05) is 23.2 Å². The van der Waals surface area contributed by atoms with Crippen LogP contribution in [0.3, 0.4) is 0 Å². The topological polar surface area (TPSA) is 39.2 Å². The number of hydrogen-bond acceptors (Lipinski definition) is 3. The summed E-state index contributed by atoms with van der Waals surface area (Å²) in [6, 6.07) is 6.91. The molecular formula is C17H15Cl2NO2. The fraction of sp³-hybridized carbons (Fsp3) is 0.294. The van der Waals surface area contributed by atoms with Gasteiger partial charge in [0.1, 0.15) is 17.2 Å². The Morgan fingerprint density at radius 3 is 2.45 bits per heavy atom. The summed E-state index contributed by atoms with van der Waals surface area (Å²) in [5.41, 5.74) is 2.18. The molecule has 0 aliphatic heterocycles. The van der Waals surface area contributed by atoms with E-state index in [0.29, 0.717) is 33.7 Å². The van der Waals surface area contributed by atoms with Gasteiger partial charge in [0.05, 0.1) is 0 Å². The van der Waals surface area contributed by atoms with Gasteiger partial charge in [-0.05, 0) is 44.4 Å². The van der Waals surface area contributed by atoms with Crippen LogP contribution in [0.1, 0.15) is 41.0 Å². The van der Waals surface area contributed by atoms with Crippen LogP contribution < -0.4 is 4.74 Å². The van der Waals surface area contributed by atoms with Crippen LogP contribution in [-0.2, 0) is 6.42 Å². The number of rotatable bonds is 2. The largest absolute Gasteiger partial charge is 0.457 e. The molecule has 1 aliphatic rings. The van der Waals surface area contributed by atoms with E-state index in [4.69, 9.17) is 27.9 Å². The molecule has 0 saturated carbocycles. The molecule has 0 radical (unpaired) electrons. The van der Waals surface area contributed by atoms with E-state index in [-0.39, 0.29) is 5.78 Å². The summed E-state index contributed by atoms with van der Waals surface area (Å²) < 4.78 is 5.96.